The summed E-state index contributed by atoms with van der Waals surface area (Å²) in [4.78, 5) is 34.9. The van der Waals surface area contributed by atoms with Crippen molar-refractivity contribution >= 4 is 18.0 Å². The number of benzene rings is 1. The molecule has 7 nitrogen and oxygen atoms in total. The molecule has 1 spiro atoms. The largest absolute Gasteiger partial charge is 0.453 e. The summed E-state index contributed by atoms with van der Waals surface area (Å²) in [6, 6.07) is 8.82. The average Bonchev–Trinajstić information content (AvgIpc) is 2.73. The lowest BCUT2D eigenvalue weighted by molar-refractivity contribution is -0.130. The number of imide groups is 1. The molecular formula is C14H15N3O4. The number of carbonyl (C=O) groups is 3. The summed E-state index contributed by atoms with van der Waals surface area (Å²) < 4.78 is 4.66. The van der Waals surface area contributed by atoms with Crippen LogP contribution < -0.4 is 16.0 Å². The zero-order valence-electron chi connectivity index (χ0n) is 11.4. The molecule has 1 aromatic rings. The molecule has 21 heavy (non-hydrogen) atoms. The van der Waals surface area contributed by atoms with E-state index in [1.165, 1.54) is 7.11 Å². The van der Waals surface area contributed by atoms with E-state index in [0.29, 0.717) is 0 Å². The molecule has 1 aliphatic carbocycles. The summed E-state index contributed by atoms with van der Waals surface area (Å²) in [6.45, 7) is 0. The van der Waals surface area contributed by atoms with Crippen molar-refractivity contribution in [2.75, 3.05) is 7.11 Å². The van der Waals surface area contributed by atoms with Crippen LogP contribution in [0.2, 0.25) is 0 Å². The molecule has 2 aliphatic rings. The number of nitrogens with one attached hydrogen (secondary N) is 3. The minimum atomic E-state index is -0.950. The second-order valence-electron chi connectivity index (χ2n) is 5.41. The molecule has 7 heteroatoms. The van der Waals surface area contributed by atoms with Crippen molar-refractivity contribution in [3.63, 3.8) is 0 Å². The van der Waals surface area contributed by atoms with Crippen LogP contribution in [0.4, 0.5) is 9.59 Å². The third kappa shape index (κ3) is 2.01. The highest BCUT2D eigenvalue weighted by molar-refractivity contribution is 6.08. The first kappa shape index (κ1) is 13.4. The maximum absolute atomic E-state index is 11.9. The second-order valence-corrected chi connectivity index (χ2v) is 5.41. The predicted molar refractivity (Wildman–Crippen MR) is 72.3 cm³/mol. The quantitative estimate of drug-likeness (QED) is 0.695. The van der Waals surface area contributed by atoms with Crippen molar-refractivity contribution in [1.29, 1.82) is 0 Å². The Morgan fingerprint density at radius 3 is 2.43 bits per heavy atom. The summed E-state index contributed by atoms with van der Waals surface area (Å²) in [7, 11) is 1.28. The topological polar surface area (TPSA) is 96.5 Å². The highest BCUT2D eigenvalue weighted by atomic mass is 16.5. The molecule has 1 saturated carbocycles. The third-order valence-electron chi connectivity index (χ3n) is 4.07. The van der Waals surface area contributed by atoms with Crippen LogP contribution in [0.1, 0.15) is 18.4 Å². The first-order valence-electron chi connectivity index (χ1n) is 6.55. The van der Waals surface area contributed by atoms with Gasteiger partial charge in [-0.05, 0) is 5.56 Å². The highest BCUT2D eigenvalue weighted by Crippen LogP contribution is 2.49. The molecule has 1 heterocycles. The van der Waals surface area contributed by atoms with Crippen molar-refractivity contribution in [2.45, 2.75) is 23.9 Å². The molecule has 0 radical (unpaired) electrons. The van der Waals surface area contributed by atoms with Crippen molar-refractivity contribution in [2.24, 2.45) is 0 Å². The van der Waals surface area contributed by atoms with Gasteiger partial charge in [-0.25, -0.2) is 9.59 Å². The van der Waals surface area contributed by atoms with E-state index in [4.69, 9.17) is 0 Å². The van der Waals surface area contributed by atoms with Crippen LogP contribution in [-0.4, -0.2) is 30.7 Å². The monoisotopic (exact) mass is 289 g/mol. The van der Waals surface area contributed by atoms with Gasteiger partial charge in [-0.15, -0.1) is 0 Å². The van der Waals surface area contributed by atoms with Gasteiger partial charge in [0.1, 0.15) is 5.54 Å². The van der Waals surface area contributed by atoms with Gasteiger partial charge in [0.05, 0.1) is 12.6 Å². The molecule has 0 aromatic heterocycles. The number of hydrogen-bond donors (Lipinski definition) is 3. The fourth-order valence-electron chi connectivity index (χ4n) is 3.12. The first-order chi connectivity index (χ1) is 10.00. The SMILES string of the molecule is COC(=O)NC1(c2ccccc2)CC2(C1)NC(=O)NC2=O. The first-order valence-corrected chi connectivity index (χ1v) is 6.55. The van der Waals surface area contributed by atoms with Crippen molar-refractivity contribution in [3.8, 4) is 0 Å². The van der Waals surface area contributed by atoms with Crippen LogP contribution in [-0.2, 0) is 15.1 Å². The summed E-state index contributed by atoms with van der Waals surface area (Å²) in [5.41, 5.74) is -0.799. The van der Waals surface area contributed by atoms with E-state index >= 15 is 0 Å². The number of urea groups is 1. The molecule has 1 saturated heterocycles. The van der Waals surface area contributed by atoms with Gasteiger partial charge in [0.25, 0.3) is 5.91 Å². The standard InChI is InChI=1S/C14H15N3O4/c1-21-12(20)17-13(9-5-3-2-4-6-9)7-14(8-13)10(18)15-11(19)16-14/h2-6H,7-8H2,1H3,(H,17,20)(H2,15,16,18,19). The van der Waals surface area contributed by atoms with Gasteiger partial charge in [-0.1, -0.05) is 30.3 Å². The smallest absolute Gasteiger partial charge is 0.407 e. The van der Waals surface area contributed by atoms with E-state index in [9.17, 15) is 14.4 Å². The molecular weight excluding hydrogens is 274 g/mol. The lowest BCUT2D eigenvalue weighted by Gasteiger charge is -2.52. The number of ether oxygens (including phenoxy) is 1. The van der Waals surface area contributed by atoms with E-state index in [1.807, 2.05) is 30.3 Å². The van der Waals surface area contributed by atoms with Crippen LogP contribution in [0, 0.1) is 0 Å². The Morgan fingerprint density at radius 2 is 1.90 bits per heavy atom. The normalized spacial score (nSPS) is 30.3. The van der Waals surface area contributed by atoms with Gasteiger partial charge in [-0.2, -0.15) is 0 Å². The maximum Gasteiger partial charge on any atom is 0.407 e. The summed E-state index contributed by atoms with van der Waals surface area (Å²) in [6.07, 6.45) is 0.00587. The minimum absolute atomic E-state index is 0.288. The summed E-state index contributed by atoms with van der Waals surface area (Å²) >= 11 is 0. The molecule has 3 N–H and O–H groups in total. The molecule has 110 valence electrons. The zero-order valence-corrected chi connectivity index (χ0v) is 11.4. The molecule has 4 amide bonds. The number of methoxy groups -OCH3 is 1. The number of alkyl carbamates (subject to hydrolysis) is 1. The Bertz CT molecular complexity index is 608. The lowest BCUT2D eigenvalue weighted by atomic mass is 9.59. The Labute approximate surface area is 121 Å². The van der Waals surface area contributed by atoms with Crippen LogP contribution in [0.25, 0.3) is 0 Å². The Morgan fingerprint density at radius 1 is 1.24 bits per heavy atom. The lowest BCUT2D eigenvalue weighted by Crippen LogP contribution is -2.69. The van der Waals surface area contributed by atoms with Gasteiger partial charge in [0, 0.05) is 12.8 Å². The molecule has 1 aromatic carbocycles. The molecule has 0 bridgehead atoms. The van der Waals surface area contributed by atoms with E-state index in [-0.39, 0.29) is 18.7 Å². The van der Waals surface area contributed by atoms with Crippen molar-refractivity contribution < 1.29 is 19.1 Å². The van der Waals surface area contributed by atoms with Crippen LogP contribution in [0.15, 0.2) is 30.3 Å². The molecule has 0 unspecified atom stereocenters. The van der Waals surface area contributed by atoms with Gasteiger partial charge in [-0.3, -0.25) is 10.1 Å². The average molecular weight is 289 g/mol. The highest BCUT2D eigenvalue weighted by Gasteiger charge is 2.63. The second kappa shape index (κ2) is 4.47. The zero-order chi connectivity index (χ0) is 15.1. The van der Waals surface area contributed by atoms with Crippen LogP contribution in [0.5, 0.6) is 0 Å². The molecule has 3 rings (SSSR count). The maximum atomic E-state index is 11.9. The van der Waals surface area contributed by atoms with Crippen molar-refractivity contribution in [1.82, 2.24) is 16.0 Å². The number of hydrogen-bond acceptors (Lipinski definition) is 4. The fraction of sp³-hybridized carbons (Fsp3) is 0.357. The molecule has 2 fully saturated rings. The Kier molecular flexibility index (Phi) is 2.86. The minimum Gasteiger partial charge on any atom is -0.453 e. The van der Waals surface area contributed by atoms with Gasteiger partial charge < -0.3 is 15.4 Å². The van der Waals surface area contributed by atoms with Crippen LogP contribution in [0.3, 0.4) is 0 Å². The number of amides is 4. The van der Waals surface area contributed by atoms with E-state index < -0.39 is 23.2 Å². The summed E-state index contributed by atoms with van der Waals surface area (Å²) in [5.74, 6) is -0.356. The predicted octanol–water partition coefficient (Wildman–Crippen LogP) is 0.610. The number of carbonyl (C=O) groups excluding carboxylic acids is 3. The molecule has 1 aliphatic heterocycles. The third-order valence-corrected chi connectivity index (χ3v) is 4.07. The van der Waals surface area contributed by atoms with Gasteiger partial charge >= 0.3 is 12.1 Å². The van der Waals surface area contributed by atoms with E-state index in [2.05, 4.69) is 20.7 Å². The molecule has 0 atom stereocenters. The van der Waals surface area contributed by atoms with Gasteiger partial charge in [0.15, 0.2) is 0 Å². The number of rotatable bonds is 2. The Hall–Kier alpha value is -2.57. The van der Waals surface area contributed by atoms with Gasteiger partial charge in [0.2, 0.25) is 0 Å². The van der Waals surface area contributed by atoms with E-state index in [0.717, 1.165) is 5.56 Å². The Balaban J connectivity index is 1.89. The fourth-order valence-corrected chi connectivity index (χ4v) is 3.12. The van der Waals surface area contributed by atoms with Crippen molar-refractivity contribution in [3.05, 3.63) is 35.9 Å². The van der Waals surface area contributed by atoms with Crippen LogP contribution >= 0.6 is 0 Å². The summed E-state index contributed by atoms with van der Waals surface area (Å²) in [5, 5.41) is 7.66. The van der Waals surface area contributed by atoms with E-state index in [1.54, 1.807) is 0 Å².